The second-order valence-corrected chi connectivity index (χ2v) is 4.90. The van der Waals surface area contributed by atoms with Crippen LogP contribution in [0.25, 0.3) is 0 Å². The Morgan fingerprint density at radius 3 is 2.74 bits per heavy atom. The summed E-state index contributed by atoms with van der Waals surface area (Å²) < 4.78 is 13.9. The van der Waals surface area contributed by atoms with Crippen LogP contribution in [-0.2, 0) is 9.59 Å². The first-order chi connectivity index (χ1) is 9.02. The maximum absolute atomic E-state index is 13.9. The molecule has 1 aliphatic rings. The molecule has 1 heterocycles. The van der Waals surface area contributed by atoms with E-state index in [1.807, 2.05) is 0 Å². The Morgan fingerprint density at radius 2 is 2.11 bits per heavy atom. The molecule has 4 nitrogen and oxygen atoms in total. The number of nitrogens with one attached hydrogen (secondary N) is 1. The lowest BCUT2D eigenvalue weighted by atomic mass is 10.00. The van der Waals surface area contributed by atoms with Gasteiger partial charge in [-0.2, -0.15) is 0 Å². The summed E-state index contributed by atoms with van der Waals surface area (Å²) in [6.07, 6.45) is 0. The number of rotatable bonds is 2. The van der Waals surface area contributed by atoms with E-state index in [1.165, 1.54) is 11.0 Å². The Morgan fingerprint density at radius 1 is 1.42 bits per heavy atom. The molecule has 1 saturated heterocycles. The van der Waals surface area contributed by atoms with Crippen LogP contribution in [0.2, 0.25) is 0 Å². The fourth-order valence-electron chi connectivity index (χ4n) is 2.24. The number of piperazine rings is 1. The molecular formula is C14H17FN2O2. The lowest BCUT2D eigenvalue weighted by Crippen LogP contribution is -2.53. The van der Waals surface area contributed by atoms with Crippen molar-refractivity contribution in [3.05, 3.63) is 35.6 Å². The topological polar surface area (TPSA) is 49.4 Å². The van der Waals surface area contributed by atoms with Gasteiger partial charge >= 0.3 is 0 Å². The zero-order valence-electron chi connectivity index (χ0n) is 11.0. The third-order valence-corrected chi connectivity index (χ3v) is 3.19. The van der Waals surface area contributed by atoms with Gasteiger partial charge in [0.1, 0.15) is 11.9 Å². The molecule has 1 aromatic rings. The zero-order valence-corrected chi connectivity index (χ0v) is 11.0. The van der Waals surface area contributed by atoms with Crippen LogP contribution in [-0.4, -0.2) is 29.8 Å². The molecule has 1 fully saturated rings. The SMILES string of the molecule is CC(C)C(=O)N1CCNC(=O)C1c1ccccc1F. The van der Waals surface area contributed by atoms with Crippen LogP contribution in [0.4, 0.5) is 4.39 Å². The van der Waals surface area contributed by atoms with Crippen molar-refractivity contribution in [3.8, 4) is 0 Å². The van der Waals surface area contributed by atoms with Gasteiger partial charge in [-0.05, 0) is 6.07 Å². The van der Waals surface area contributed by atoms with Crippen molar-refractivity contribution in [2.45, 2.75) is 19.9 Å². The van der Waals surface area contributed by atoms with E-state index >= 15 is 0 Å². The maximum atomic E-state index is 13.9. The lowest BCUT2D eigenvalue weighted by Gasteiger charge is -2.36. The van der Waals surface area contributed by atoms with Gasteiger partial charge in [-0.15, -0.1) is 0 Å². The molecule has 0 radical (unpaired) electrons. The standard InChI is InChI=1S/C14H17FN2O2/c1-9(2)14(19)17-8-7-16-13(18)12(17)10-5-3-4-6-11(10)15/h3-6,9,12H,7-8H2,1-2H3,(H,16,18). The molecule has 0 saturated carbocycles. The molecule has 0 aromatic heterocycles. The maximum Gasteiger partial charge on any atom is 0.247 e. The van der Waals surface area contributed by atoms with Gasteiger partial charge in [-0.1, -0.05) is 32.0 Å². The summed E-state index contributed by atoms with van der Waals surface area (Å²) in [5.74, 6) is -1.15. The quantitative estimate of drug-likeness (QED) is 0.879. The van der Waals surface area contributed by atoms with Crippen LogP contribution in [0.15, 0.2) is 24.3 Å². The van der Waals surface area contributed by atoms with E-state index in [-0.39, 0.29) is 23.3 Å². The second kappa shape index (κ2) is 5.38. The monoisotopic (exact) mass is 264 g/mol. The zero-order chi connectivity index (χ0) is 14.0. The number of nitrogens with zero attached hydrogens (tertiary/aromatic N) is 1. The minimum Gasteiger partial charge on any atom is -0.352 e. The molecule has 0 spiro atoms. The number of amides is 2. The van der Waals surface area contributed by atoms with E-state index in [9.17, 15) is 14.0 Å². The van der Waals surface area contributed by atoms with Crippen molar-refractivity contribution in [2.24, 2.45) is 5.92 Å². The van der Waals surface area contributed by atoms with Crippen LogP contribution in [0.5, 0.6) is 0 Å². The van der Waals surface area contributed by atoms with Crippen molar-refractivity contribution in [3.63, 3.8) is 0 Å². The van der Waals surface area contributed by atoms with Gasteiger partial charge in [0, 0.05) is 24.6 Å². The van der Waals surface area contributed by atoms with Crippen molar-refractivity contribution in [1.82, 2.24) is 10.2 Å². The average molecular weight is 264 g/mol. The highest BCUT2D eigenvalue weighted by Gasteiger charge is 2.36. The van der Waals surface area contributed by atoms with Crippen molar-refractivity contribution in [2.75, 3.05) is 13.1 Å². The molecule has 2 rings (SSSR count). The van der Waals surface area contributed by atoms with E-state index in [0.717, 1.165) is 0 Å². The first-order valence-electron chi connectivity index (χ1n) is 6.35. The largest absolute Gasteiger partial charge is 0.352 e. The number of benzene rings is 1. The van der Waals surface area contributed by atoms with Crippen LogP contribution < -0.4 is 5.32 Å². The highest BCUT2D eigenvalue weighted by molar-refractivity contribution is 5.90. The van der Waals surface area contributed by atoms with E-state index in [1.54, 1.807) is 32.0 Å². The van der Waals surface area contributed by atoms with Crippen molar-refractivity contribution in [1.29, 1.82) is 0 Å². The number of carbonyl (C=O) groups is 2. The number of hydrogen-bond acceptors (Lipinski definition) is 2. The molecule has 102 valence electrons. The second-order valence-electron chi connectivity index (χ2n) is 4.90. The van der Waals surface area contributed by atoms with Crippen LogP contribution in [0.3, 0.4) is 0 Å². The highest BCUT2D eigenvalue weighted by atomic mass is 19.1. The summed E-state index contributed by atoms with van der Waals surface area (Å²) >= 11 is 0. The van der Waals surface area contributed by atoms with Gasteiger partial charge in [0.05, 0.1) is 0 Å². The Bertz CT molecular complexity index is 502. The summed E-state index contributed by atoms with van der Waals surface area (Å²) in [5, 5.41) is 2.68. The molecule has 19 heavy (non-hydrogen) atoms. The Hall–Kier alpha value is -1.91. The predicted octanol–water partition coefficient (Wildman–Crippen LogP) is 1.48. The van der Waals surface area contributed by atoms with Crippen LogP contribution >= 0.6 is 0 Å². The van der Waals surface area contributed by atoms with Gasteiger partial charge in [0.25, 0.3) is 0 Å². The van der Waals surface area contributed by atoms with Gasteiger partial charge in [-0.25, -0.2) is 4.39 Å². The lowest BCUT2D eigenvalue weighted by molar-refractivity contribution is -0.145. The molecule has 1 aliphatic heterocycles. The first kappa shape index (κ1) is 13.5. The average Bonchev–Trinajstić information content (AvgIpc) is 2.38. The van der Waals surface area contributed by atoms with E-state index in [4.69, 9.17) is 0 Å². The van der Waals surface area contributed by atoms with Crippen LogP contribution in [0.1, 0.15) is 25.5 Å². The number of hydrogen-bond donors (Lipinski definition) is 1. The molecule has 0 aliphatic carbocycles. The fourth-order valence-corrected chi connectivity index (χ4v) is 2.24. The van der Waals surface area contributed by atoms with E-state index in [0.29, 0.717) is 13.1 Å². The van der Waals surface area contributed by atoms with Crippen molar-refractivity contribution >= 4 is 11.8 Å². The third kappa shape index (κ3) is 2.59. The summed E-state index contributed by atoms with van der Waals surface area (Å²) in [6.45, 7) is 4.35. The smallest absolute Gasteiger partial charge is 0.247 e. The van der Waals surface area contributed by atoms with Gasteiger partial charge in [0.2, 0.25) is 11.8 Å². The molecule has 1 aromatic carbocycles. The van der Waals surface area contributed by atoms with E-state index in [2.05, 4.69) is 5.32 Å². The fraction of sp³-hybridized carbons (Fsp3) is 0.429. The number of carbonyl (C=O) groups excluding carboxylic acids is 2. The number of halogens is 1. The summed E-state index contributed by atoms with van der Waals surface area (Å²) in [5.41, 5.74) is 0.244. The summed E-state index contributed by atoms with van der Waals surface area (Å²) in [6, 6.07) is 5.21. The highest BCUT2D eigenvalue weighted by Crippen LogP contribution is 2.26. The van der Waals surface area contributed by atoms with Gasteiger partial charge < -0.3 is 10.2 Å². The molecule has 1 N–H and O–H groups in total. The van der Waals surface area contributed by atoms with Crippen LogP contribution in [0, 0.1) is 11.7 Å². The Kier molecular flexibility index (Phi) is 3.83. The molecule has 2 amide bonds. The predicted molar refractivity (Wildman–Crippen MR) is 68.7 cm³/mol. The summed E-state index contributed by atoms with van der Waals surface area (Å²) in [4.78, 5) is 25.6. The first-order valence-corrected chi connectivity index (χ1v) is 6.35. The molecular weight excluding hydrogens is 247 g/mol. The minimum absolute atomic E-state index is 0.136. The van der Waals surface area contributed by atoms with Crippen molar-refractivity contribution < 1.29 is 14.0 Å². The van der Waals surface area contributed by atoms with Gasteiger partial charge in [0.15, 0.2) is 0 Å². The molecule has 1 atom stereocenters. The minimum atomic E-state index is -0.871. The Labute approximate surface area is 111 Å². The molecule has 0 bridgehead atoms. The summed E-state index contributed by atoms with van der Waals surface area (Å²) in [7, 11) is 0. The normalized spacial score (nSPS) is 19.5. The van der Waals surface area contributed by atoms with Gasteiger partial charge in [-0.3, -0.25) is 9.59 Å². The molecule has 5 heteroatoms. The molecule has 1 unspecified atom stereocenters. The third-order valence-electron chi connectivity index (χ3n) is 3.19. The Balaban J connectivity index is 2.40. The van der Waals surface area contributed by atoms with E-state index < -0.39 is 11.9 Å².